The van der Waals surface area contributed by atoms with Crippen LogP contribution in [0.3, 0.4) is 0 Å². The van der Waals surface area contributed by atoms with Crippen molar-refractivity contribution in [3.63, 3.8) is 0 Å². The Hall–Kier alpha value is -3.39. The molecule has 0 aliphatic carbocycles. The van der Waals surface area contributed by atoms with Gasteiger partial charge in [-0.3, -0.25) is 14.6 Å². The van der Waals surface area contributed by atoms with Crippen LogP contribution in [0.4, 0.5) is 0 Å². The van der Waals surface area contributed by atoms with E-state index in [0.29, 0.717) is 49.9 Å². The highest BCUT2D eigenvalue weighted by Gasteiger charge is 2.26. The zero-order valence-corrected chi connectivity index (χ0v) is 19.5. The first-order chi connectivity index (χ1) is 16.0. The lowest BCUT2D eigenvalue weighted by Gasteiger charge is -2.31. The van der Waals surface area contributed by atoms with Crippen molar-refractivity contribution in [1.82, 2.24) is 15.2 Å². The van der Waals surface area contributed by atoms with Crippen LogP contribution >= 0.6 is 11.3 Å². The highest BCUT2D eigenvalue weighted by atomic mass is 32.1. The van der Waals surface area contributed by atoms with Crippen LogP contribution in [-0.2, 0) is 19.5 Å². The number of ether oxygens (including phenoxy) is 2. The molecule has 1 N–H and O–H groups in total. The minimum Gasteiger partial charge on any atom is -0.486 e. The Bertz CT molecular complexity index is 1240. The molecule has 0 saturated carbocycles. The number of amides is 2. The van der Waals surface area contributed by atoms with Gasteiger partial charge in [0.25, 0.3) is 11.8 Å². The Morgan fingerprint density at radius 3 is 2.76 bits per heavy atom. The van der Waals surface area contributed by atoms with Gasteiger partial charge in [0.05, 0.1) is 4.88 Å². The second-order valence-electron chi connectivity index (χ2n) is 8.28. The lowest BCUT2D eigenvalue weighted by atomic mass is 9.94. The second kappa shape index (κ2) is 8.86. The van der Waals surface area contributed by atoms with E-state index >= 15 is 0 Å². The topological polar surface area (TPSA) is 80.8 Å². The Labute approximate surface area is 196 Å². The maximum atomic E-state index is 13.2. The van der Waals surface area contributed by atoms with Gasteiger partial charge in [0.1, 0.15) is 13.2 Å². The smallest absolute Gasteiger partial charge is 0.261 e. The molecular weight excluding hydrogens is 438 g/mol. The minimum atomic E-state index is -0.0641. The van der Waals surface area contributed by atoms with Crippen molar-refractivity contribution in [2.75, 3.05) is 19.8 Å². The Balaban J connectivity index is 1.32. The average Bonchev–Trinajstić information content (AvgIpc) is 3.28. The van der Waals surface area contributed by atoms with Crippen molar-refractivity contribution in [2.45, 2.75) is 33.4 Å². The van der Waals surface area contributed by atoms with E-state index in [1.807, 2.05) is 36.4 Å². The van der Waals surface area contributed by atoms with Gasteiger partial charge in [0.15, 0.2) is 11.5 Å². The van der Waals surface area contributed by atoms with E-state index in [0.717, 1.165) is 33.7 Å². The van der Waals surface area contributed by atoms with Crippen molar-refractivity contribution in [3.05, 3.63) is 74.2 Å². The molecule has 2 aliphatic heterocycles. The SMILES string of the molecule is Cc1ccsc1C(=O)NCc1c(C)ncc2c1CCN(C(=O)c1ccc3c(c1)OCCO3)C2. The van der Waals surface area contributed by atoms with Gasteiger partial charge in [-0.2, -0.15) is 0 Å². The van der Waals surface area contributed by atoms with E-state index in [1.165, 1.54) is 16.9 Å². The molecule has 0 spiro atoms. The summed E-state index contributed by atoms with van der Waals surface area (Å²) in [6, 6.07) is 7.28. The standard InChI is InChI=1S/C25H25N3O4S/c1-15-6-10-33-23(15)24(29)27-13-20-16(2)26-12-18-14-28(7-5-19(18)20)25(30)17-3-4-21-22(11-17)32-9-8-31-21/h3-4,6,10-12H,5,7-9,13-14H2,1-2H3,(H,27,29). The molecule has 0 atom stereocenters. The van der Waals surface area contributed by atoms with Crippen LogP contribution < -0.4 is 14.8 Å². The average molecular weight is 464 g/mol. The number of pyridine rings is 1. The maximum Gasteiger partial charge on any atom is 0.261 e. The monoisotopic (exact) mass is 463 g/mol. The predicted molar refractivity (Wildman–Crippen MR) is 125 cm³/mol. The van der Waals surface area contributed by atoms with E-state index < -0.39 is 0 Å². The number of carbonyl (C=O) groups is 2. The number of thiophene rings is 1. The van der Waals surface area contributed by atoms with E-state index in [1.54, 1.807) is 18.2 Å². The van der Waals surface area contributed by atoms with Gasteiger partial charge in [-0.1, -0.05) is 0 Å². The Kier molecular flexibility index (Phi) is 5.76. The lowest BCUT2D eigenvalue weighted by molar-refractivity contribution is 0.0733. The van der Waals surface area contributed by atoms with Gasteiger partial charge >= 0.3 is 0 Å². The van der Waals surface area contributed by atoms with E-state index in [4.69, 9.17) is 9.47 Å². The van der Waals surface area contributed by atoms with Gasteiger partial charge in [0, 0.05) is 37.1 Å². The summed E-state index contributed by atoms with van der Waals surface area (Å²) in [5.74, 6) is 1.18. The number of nitrogens with one attached hydrogen (secondary N) is 1. The quantitative estimate of drug-likeness (QED) is 0.639. The first kappa shape index (κ1) is 21.5. The number of carbonyl (C=O) groups excluding carboxylic acids is 2. The van der Waals surface area contributed by atoms with Crippen LogP contribution in [-0.4, -0.2) is 41.5 Å². The van der Waals surface area contributed by atoms with Crippen LogP contribution in [0.1, 0.15) is 48.0 Å². The van der Waals surface area contributed by atoms with Gasteiger partial charge in [-0.05, 0) is 72.2 Å². The number of fused-ring (bicyclic) bond motifs is 2. The van der Waals surface area contributed by atoms with Crippen molar-refractivity contribution in [2.24, 2.45) is 0 Å². The summed E-state index contributed by atoms with van der Waals surface area (Å²) >= 11 is 1.45. The van der Waals surface area contributed by atoms with Crippen LogP contribution in [0.2, 0.25) is 0 Å². The van der Waals surface area contributed by atoms with E-state index in [9.17, 15) is 9.59 Å². The fraction of sp³-hybridized carbons (Fsp3) is 0.320. The Morgan fingerprint density at radius 1 is 1.15 bits per heavy atom. The summed E-state index contributed by atoms with van der Waals surface area (Å²) in [4.78, 5) is 32.9. The van der Waals surface area contributed by atoms with Crippen molar-refractivity contribution in [3.8, 4) is 11.5 Å². The largest absolute Gasteiger partial charge is 0.486 e. The van der Waals surface area contributed by atoms with Crippen molar-refractivity contribution < 1.29 is 19.1 Å². The third-order valence-electron chi connectivity index (χ3n) is 6.17. The number of benzene rings is 1. The molecule has 0 fully saturated rings. The number of aryl methyl sites for hydroxylation is 2. The molecule has 5 rings (SSSR count). The van der Waals surface area contributed by atoms with Gasteiger partial charge < -0.3 is 19.7 Å². The first-order valence-electron chi connectivity index (χ1n) is 11.0. The molecule has 0 bridgehead atoms. The zero-order chi connectivity index (χ0) is 22.9. The summed E-state index contributed by atoms with van der Waals surface area (Å²) in [7, 11) is 0. The number of aromatic nitrogens is 1. The van der Waals surface area contributed by atoms with Crippen LogP contribution in [0.15, 0.2) is 35.8 Å². The molecule has 0 saturated heterocycles. The summed E-state index contributed by atoms with van der Waals surface area (Å²) in [5.41, 5.74) is 5.72. The molecule has 0 unspecified atom stereocenters. The number of rotatable bonds is 4. The van der Waals surface area contributed by atoms with Gasteiger partial charge in [-0.25, -0.2) is 0 Å². The van der Waals surface area contributed by atoms with E-state index in [2.05, 4.69) is 10.3 Å². The normalized spacial score (nSPS) is 14.5. The molecule has 2 aliphatic rings. The molecule has 8 heteroatoms. The molecule has 2 aromatic heterocycles. The maximum absolute atomic E-state index is 13.2. The van der Waals surface area contributed by atoms with Gasteiger partial charge in [-0.15, -0.1) is 11.3 Å². The van der Waals surface area contributed by atoms with Gasteiger partial charge in [0.2, 0.25) is 0 Å². The molecular formula is C25H25N3O4S. The summed E-state index contributed by atoms with van der Waals surface area (Å²) in [6.07, 6.45) is 2.57. The van der Waals surface area contributed by atoms with E-state index in [-0.39, 0.29) is 11.8 Å². The molecule has 7 nitrogen and oxygen atoms in total. The number of hydrogen-bond donors (Lipinski definition) is 1. The fourth-order valence-corrected chi connectivity index (χ4v) is 5.18. The molecule has 3 aromatic rings. The predicted octanol–water partition coefficient (Wildman–Crippen LogP) is 3.66. The van der Waals surface area contributed by atoms with Crippen LogP contribution in [0.25, 0.3) is 0 Å². The molecule has 1 aromatic carbocycles. The molecule has 2 amide bonds. The molecule has 33 heavy (non-hydrogen) atoms. The fourth-order valence-electron chi connectivity index (χ4n) is 4.34. The zero-order valence-electron chi connectivity index (χ0n) is 18.6. The number of nitrogens with zero attached hydrogens (tertiary/aromatic N) is 2. The minimum absolute atomic E-state index is 0.0405. The van der Waals surface area contributed by atoms with Crippen molar-refractivity contribution >= 4 is 23.2 Å². The summed E-state index contributed by atoms with van der Waals surface area (Å²) in [6.45, 7) is 6.42. The molecule has 170 valence electrons. The highest BCUT2D eigenvalue weighted by Crippen LogP contribution is 2.32. The molecule has 0 radical (unpaired) electrons. The number of hydrogen-bond acceptors (Lipinski definition) is 6. The molecule has 4 heterocycles. The second-order valence-corrected chi connectivity index (χ2v) is 9.19. The highest BCUT2D eigenvalue weighted by molar-refractivity contribution is 7.12. The third kappa shape index (κ3) is 4.18. The summed E-state index contributed by atoms with van der Waals surface area (Å²) < 4.78 is 11.2. The third-order valence-corrected chi connectivity index (χ3v) is 7.18. The lowest BCUT2D eigenvalue weighted by Crippen LogP contribution is -2.37. The van der Waals surface area contributed by atoms with Crippen LogP contribution in [0.5, 0.6) is 11.5 Å². The Morgan fingerprint density at radius 2 is 1.97 bits per heavy atom. The van der Waals surface area contributed by atoms with Crippen LogP contribution in [0, 0.1) is 13.8 Å². The van der Waals surface area contributed by atoms with Crippen molar-refractivity contribution in [1.29, 1.82) is 0 Å². The first-order valence-corrected chi connectivity index (χ1v) is 11.9. The summed E-state index contributed by atoms with van der Waals surface area (Å²) in [5, 5.41) is 4.97.